The van der Waals surface area contributed by atoms with E-state index in [2.05, 4.69) is 0 Å². The van der Waals surface area contributed by atoms with Gasteiger partial charge in [0, 0.05) is 43.6 Å². The van der Waals surface area contributed by atoms with Gasteiger partial charge in [-0.1, -0.05) is 0 Å². The number of ether oxygens (including phenoxy) is 1. The lowest BCUT2D eigenvalue weighted by atomic mass is 9.84. The van der Waals surface area contributed by atoms with E-state index in [1.165, 1.54) is 6.07 Å². The van der Waals surface area contributed by atoms with E-state index in [1.807, 2.05) is 11.9 Å². The van der Waals surface area contributed by atoms with Gasteiger partial charge in [-0.2, -0.15) is 0 Å². The Bertz CT molecular complexity index is 1080. The normalized spacial score (nSPS) is 27.1. The molecule has 3 heterocycles. The number of benzene rings is 1. The van der Waals surface area contributed by atoms with Crippen LogP contribution in [-0.4, -0.2) is 81.8 Å². The maximum Gasteiger partial charge on any atom is 0.294 e. The first-order valence-electron chi connectivity index (χ1n) is 10.6. The van der Waals surface area contributed by atoms with Gasteiger partial charge in [0.15, 0.2) is 11.7 Å². The summed E-state index contributed by atoms with van der Waals surface area (Å²) in [5, 5.41) is 43.0. The van der Waals surface area contributed by atoms with Gasteiger partial charge in [0.2, 0.25) is 0 Å². The average molecular weight is 448 g/mol. The molecule has 2 aliphatic heterocycles. The molecular formula is C22H28N2O8. The van der Waals surface area contributed by atoms with Gasteiger partial charge in [-0.3, -0.25) is 14.5 Å². The molecule has 10 heteroatoms. The first kappa shape index (κ1) is 22.5. The number of piperidine rings is 1. The SMILES string of the molecule is Cc1cc(=O)c2c(O)c(CN3CC(O)CC3OC=O)c(O)c(C3CCN(C)CC3O)c2o1. The van der Waals surface area contributed by atoms with Crippen molar-refractivity contribution in [2.45, 2.75) is 50.7 Å². The molecule has 2 fully saturated rings. The van der Waals surface area contributed by atoms with Gasteiger partial charge < -0.3 is 34.5 Å². The molecule has 4 N–H and O–H groups in total. The van der Waals surface area contributed by atoms with Crippen molar-refractivity contribution in [3.8, 4) is 11.5 Å². The number of nitrogens with zero attached hydrogens (tertiary/aromatic N) is 2. The fraction of sp³-hybridized carbons (Fsp3) is 0.545. The summed E-state index contributed by atoms with van der Waals surface area (Å²) in [5.74, 6) is -0.892. The summed E-state index contributed by atoms with van der Waals surface area (Å²) in [6, 6.07) is 1.26. The number of aliphatic hydroxyl groups is 2. The van der Waals surface area contributed by atoms with Crippen molar-refractivity contribution < 1.29 is 34.4 Å². The molecule has 2 aliphatic rings. The van der Waals surface area contributed by atoms with Gasteiger partial charge in [-0.15, -0.1) is 0 Å². The monoisotopic (exact) mass is 448 g/mol. The highest BCUT2D eigenvalue weighted by molar-refractivity contribution is 5.90. The van der Waals surface area contributed by atoms with Crippen LogP contribution in [0.25, 0.3) is 11.0 Å². The van der Waals surface area contributed by atoms with Crippen molar-refractivity contribution in [3.63, 3.8) is 0 Å². The van der Waals surface area contributed by atoms with Crippen LogP contribution in [-0.2, 0) is 16.1 Å². The lowest BCUT2D eigenvalue weighted by Crippen LogP contribution is -2.40. The number of rotatable bonds is 5. The smallest absolute Gasteiger partial charge is 0.294 e. The number of hydrogen-bond donors (Lipinski definition) is 4. The highest BCUT2D eigenvalue weighted by atomic mass is 16.5. The first-order valence-corrected chi connectivity index (χ1v) is 10.6. The molecule has 4 atom stereocenters. The Labute approximate surface area is 184 Å². The number of likely N-dealkylation sites (N-methyl/N-ethyl adjacent to an activating group) is 1. The second kappa shape index (κ2) is 8.70. The molecule has 2 aromatic rings. The zero-order valence-corrected chi connectivity index (χ0v) is 18.0. The van der Waals surface area contributed by atoms with Crippen molar-refractivity contribution in [1.29, 1.82) is 0 Å². The lowest BCUT2D eigenvalue weighted by molar-refractivity contribution is -0.141. The highest BCUT2D eigenvalue weighted by Crippen LogP contribution is 2.46. The molecule has 0 bridgehead atoms. The lowest BCUT2D eigenvalue weighted by Gasteiger charge is -2.35. The molecule has 10 nitrogen and oxygen atoms in total. The number of phenols is 2. The molecule has 1 aromatic heterocycles. The zero-order chi connectivity index (χ0) is 23.2. The predicted molar refractivity (Wildman–Crippen MR) is 113 cm³/mol. The number of β-amino-alcohol motifs (C(OH)–C–C–N with tert-alkyl or cyclic N) is 2. The number of likely N-dealkylation sites (tertiary alicyclic amines) is 2. The van der Waals surface area contributed by atoms with E-state index in [0.29, 0.717) is 25.3 Å². The number of carbonyl (C=O) groups excluding carboxylic acids is 1. The molecule has 0 radical (unpaired) electrons. The van der Waals surface area contributed by atoms with Gasteiger partial charge >= 0.3 is 0 Å². The van der Waals surface area contributed by atoms with Crippen LogP contribution < -0.4 is 5.43 Å². The number of phenolic OH excluding ortho intramolecular Hbond substituents is 2. The first-order chi connectivity index (χ1) is 15.2. The fourth-order valence-electron chi connectivity index (χ4n) is 4.90. The minimum absolute atomic E-state index is 0.0587. The Morgan fingerprint density at radius 1 is 1.25 bits per heavy atom. The van der Waals surface area contributed by atoms with Crippen LogP contribution in [0.3, 0.4) is 0 Å². The summed E-state index contributed by atoms with van der Waals surface area (Å²) in [6.45, 7) is 3.02. The van der Waals surface area contributed by atoms with Crippen molar-refractivity contribution in [2.75, 3.05) is 26.7 Å². The van der Waals surface area contributed by atoms with Crippen LogP contribution in [0.15, 0.2) is 15.3 Å². The molecule has 4 unspecified atom stereocenters. The molecule has 0 saturated carbocycles. The molecule has 4 rings (SSSR count). The van der Waals surface area contributed by atoms with Gasteiger partial charge in [0.1, 0.15) is 28.2 Å². The van der Waals surface area contributed by atoms with Crippen molar-refractivity contribution >= 4 is 17.4 Å². The number of aryl methyl sites for hydroxylation is 1. The van der Waals surface area contributed by atoms with Gasteiger partial charge in [-0.25, -0.2) is 0 Å². The van der Waals surface area contributed by atoms with Crippen molar-refractivity contribution in [2.24, 2.45) is 0 Å². The van der Waals surface area contributed by atoms with Crippen molar-refractivity contribution in [1.82, 2.24) is 9.80 Å². The maximum atomic E-state index is 12.8. The van der Waals surface area contributed by atoms with Gasteiger partial charge in [-0.05, 0) is 26.9 Å². The Balaban J connectivity index is 1.89. The number of aliphatic hydroxyl groups excluding tert-OH is 2. The number of hydrogen-bond acceptors (Lipinski definition) is 10. The topological polar surface area (TPSA) is 144 Å². The van der Waals surface area contributed by atoms with E-state index in [1.54, 1.807) is 11.8 Å². The minimum Gasteiger partial charge on any atom is -0.507 e. The Hall–Kier alpha value is -2.66. The summed E-state index contributed by atoms with van der Waals surface area (Å²) in [6.07, 6.45) is -1.58. The molecule has 174 valence electrons. The Morgan fingerprint density at radius 3 is 2.69 bits per heavy atom. The van der Waals surface area contributed by atoms with Gasteiger partial charge in [0.25, 0.3) is 6.47 Å². The minimum atomic E-state index is -0.814. The Morgan fingerprint density at radius 2 is 2.00 bits per heavy atom. The van der Waals surface area contributed by atoms with E-state index in [-0.39, 0.29) is 53.8 Å². The van der Waals surface area contributed by atoms with E-state index < -0.39 is 35.5 Å². The standard InChI is InChI=1S/C22H28N2O8/c1-11-5-15(27)19-21(30)14(8-24-7-12(26)6-17(24)31-10-25)20(29)18(22(19)32-11)13-3-4-23(2)9-16(13)28/h5,10,12-13,16-17,26,28-30H,3-4,6-9H2,1-2H3. The number of fused-ring (bicyclic) bond motifs is 1. The van der Waals surface area contributed by atoms with Crippen LogP contribution in [0.5, 0.6) is 11.5 Å². The summed E-state index contributed by atoms with van der Waals surface area (Å²) in [4.78, 5) is 27.2. The number of aromatic hydroxyl groups is 2. The molecule has 0 aliphatic carbocycles. The third-order valence-electron chi connectivity index (χ3n) is 6.44. The van der Waals surface area contributed by atoms with Crippen LogP contribution in [0.2, 0.25) is 0 Å². The third kappa shape index (κ3) is 3.95. The van der Waals surface area contributed by atoms with E-state index in [0.717, 1.165) is 0 Å². The number of carbonyl (C=O) groups is 1. The molecule has 2 saturated heterocycles. The molecule has 1 aromatic carbocycles. The second-order valence-electron chi connectivity index (χ2n) is 8.75. The summed E-state index contributed by atoms with van der Waals surface area (Å²) in [5.41, 5.74) is -0.0667. The van der Waals surface area contributed by atoms with Crippen molar-refractivity contribution in [3.05, 3.63) is 33.2 Å². The quantitative estimate of drug-likeness (QED) is 0.473. The third-order valence-corrected chi connectivity index (χ3v) is 6.44. The van der Waals surface area contributed by atoms with E-state index >= 15 is 0 Å². The highest BCUT2D eigenvalue weighted by Gasteiger charge is 2.37. The summed E-state index contributed by atoms with van der Waals surface area (Å²) in [7, 11) is 1.88. The molecular weight excluding hydrogens is 420 g/mol. The average Bonchev–Trinajstić information content (AvgIpc) is 3.05. The largest absolute Gasteiger partial charge is 0.507 e. The fourth-order valence-corrected chi connectivity index (χ4v) is 4.90. The second-order valence-corrected chi connectivity index (χ2v) is 8.75. The zero-order valence-electron chi connectivity index (χ0n) is 18.0. The van der Waals surface area contributed by atoms with Crippen LogP contribution >= 0.6 is 0 Å². The van der Waals surface area contributed by atoms with E-state index in [4.69, 9.17) is 9.15 Å². The Kier molecular flexibility index (Phi) is 6.13. The van der Waals surface area contributed by atoms with Crippen LogP contribution in [0, 0.1) is 6.92 Å². The maximum absolute atomic E-state index is 12.8. The van der Waals surface area contributed by atoms with Crippen LogP contribution in [0.4, 0.5) is 0 Å². The van der Waals surface area contributed by atoms with Crippen LogP contribution in [0.1, 0.15) is 35.6 Å². The molecule has 32 heavy (non-hydrogen) atoms. The predicted octanol–water partition coefficient (Wildman–Crippen LogP) is 0.358. The summed E-state index contributed by atoms with van der Waals surface area (Å²) >= 11 is 0. The molecule has 0 spiro atoms. The van der Waals surface area contributed by atoms with Gasteiger partial charge in [0.05, 0.1) is 17.8 Å². The van der Waals surface area contributed by atoms with E-state index in [9.17, 15) is 30.0 Å². The molecule has 0 amide bonds. The summed E-state index contributed by atoms with van der Waals surface area (Å²) < 4.78 is 10.8.